The summed E-state index contributed by atoms with van der Waals surface area (Å²) < 4.78 is 11.5. The first-order chi connectivity index (χ1) is 12.0. The van der Waals surface area contributed by atoms with Gasteiger partial charge < -0.3 is 14.1 Å². The number of nitrogens with zero attached hydrogens (tertiary/aromatic N) is 2. The highest BCUT2D eigenvalue weighted by Crippen LogP contribution is 2.23. The standard InChI is InChI=1S/C20H20N2O3/c1-14-18(21-19(25-14)15-8-5-4-6-9-15)13-24-17-11-7-10-16(12-17)20(23)22(2)3/h4-12H,13H2,1-3H3. The van der Waals surface area contributed by atoms with Gasteiger partial charge in [0, 0.05) is 25.2 Å². The zero-order valence-electron chi connectivity index (χ0n) is 14.5. The SMILES string of the molecule is Cc1oc(-c2ccccc2)nc1COc1cccc(C(=O)N(C)C)c1. The molecule has 3 rings (SSSR count). The van der Waals surface area contributed by atoms with Crippen molar-refractivity contribution in [3.63, 3.8) is 0 Å². The predicted molar refractivity (Wildman–Crippen MR) is 95.5 cm³/mol. The molecule has 1 amide bonds. The van der Waals surface area contributed by atoms with Crippen molar-refractivity contribution in [2.75, 3.05) is 14.1 Å². The maximum absolute atomic E-state index is 12.0. The number of benzene rings is 2. The van der Waals surface area contributed by atoms with Crippen LogP contribution in [0.15, 0.2) is 59.0 Å². The van der Waals surface area contributed by atoms with Gasteiger partial charge in [-0.2, -0.15) is 0 Å². The van der Waals surface area contributed by atoms with Gasteiger partial charge in [0.2, 0.25) is 5.89 Å². The number of rotatable bonds is 5. The van der Waals surface area contributed by atoms with Gasteiger partial charge >= 0.3 is 0 Å². The van der Waals surface area contributed by atoms with Gasteiger partial charge in [0.25, 0.3) is 5.91 Å². The third kappa shape index (κ3) is 3.88. The van der Waals surface area contributed by atoms with E-state index >= 15 is 0 Å². The number of carbonyl (C=O) groups is 1. The number of hydrogen-bond donors (Lipinski definition) is 0. The van der Waals surface area contributed by atoms with Gasteiger partial charge in [-0.3, -0.25) is 4.79 Å². The Hall–Kier alpha value is -3.08. The zero-order chi connectivity index (χ0) is 17.8. The van der Waals surface area contributed by atoms with E-state index in [4.69, 9.17) is 9.15 Å². The van der Waals surface area contributed by atoms with Crippen LogP contribution in [0.3, 0.4) is 0 Å². The molecule has 128 valence electrons. The second kappa shape index (κ2) is 7.21. The van der Waals surface area contributed by atoms with E-state index in [1.165, 1.54) is 4.90 Å². The molecule has 0 spiro atoms. The summed E-state index contributed by atoms with van der Waals surface area (Å²) in [6.45, 7) is 2.14. The summed E-state index contributed by atoms with van der Waals surface area (Å²) in [6, 6.07) is 16.9. The minimum absolute atomic E-state index is 0.0607. The average molecular weight is 336 g/mol. The molecule has 1 aromatic heterocycles. The van der Waals surface area contributed by atoms with Crippen LogP contribution in [0.25, 0.3) is 11.5 Å². The molecule has 0 radical (unpaired) electrons. The van der Waals surface area contributed by atoms with E-state index in [0.29, 0.717) is 17.2 Å². The van der Waals surface area contributed by atoms with Crippen LogP contribution in [0, 0.1) is 6.92 Å². The Labute approximate surface area is 146 Å². The van der Waals surface area contributed by atoms with Gasteiger partial charge in [0.05, 0.1) is 0 Å². The first-order valence-electron chi connectivity index (χ1n) is 8.01. The molecule has 5 heteroatoms. The fraction of sp³-hybridized carbons (Fsp3) is 0.200. The summed E-state index contributed by atoms with van der Waals surface area (Å²) in [4.78, 5) is 18.1. The molecule has 25 heavy (non-hydrogen) atoms. The van der Waals surface area contributed by atoms with Gasteiger partial charge in [-0.05, 0) is 37.3 Å². The van der Waals surface area contributed by atoms with Crippen LogP contribution in [0.4, 0.5) is 0 Å². The molecular weight excluding hydrogens is 316 g/mol. The Kier molecular flexibility index (Phi) is 4.84. The molecule has 0 aliphatic carbocycles. The molecule has 5 nitrogen and oxygen atoms in total. The second-order valence-corrected chi connectivity index (χ2v) is 5.90. The Morgan fingerprint density at radius 1 is 1.12 bits per heavy atom. The van der Waals surface area contributed by atoms with E-state index in [1.807, 2.05) is 43.3 Å². The third-order valence-corrected chi connectivity index (χ3v) is 3.78. The van der Waals surface area contributed by atoms with Crippen molar-refractivity contribution in [2.45, 2.75) is 13.5 Å². The molecule has 3 aromatic rings. The largest absolute Gasteiger partial charge is 0.487 e. The van der Waals surface area contributed by atoms with Crippen molar-refractivity contribution in [2.24, 2.45) is 0 Å². The second-order valence-electron chi connectivity index (χ2n) is 5.90. The summed E-state index contributed by atoms with van der Waals surface area (Å²) in [5.41, 5.74) is 2.25. The van der Waals surface area contributed by atoms with Crippen molar-refractivity contribution in [1.29, 1.82) is 0 Å². The van der Waals surface area contributed by atoms with Crippen LogP contribution in [-0.2, 0) is 6.61 Å². The average Bonchev–Trinajstić information content (AvgIpc) is 3.01. The lowest BCUT2D eigenvalue weighted by molar-refractivity contribution is 0.0827. The molecule has 0 bridgehead atoms. The van der Waals surface area contributed by atoms with Crippen LogP contribution in [0.2, 0.25) is 0 Å². The zero-order valence-corrected chi connectivity index (χ0v) is 14.5. The molecule has 1 heterocycles. The van der Waals surface area contributed by atoms with Gasteiger partial charge in [-0.25, -0.2) is 4.98 Å². The number of oxazole rings is 1. The Balaban J connectivity index is 1.73. The number of hydrogen-bond acceptors (Lipinski definition) is 4. The van der Waals surface area contributed by atoms with E-state index < -0.39 is 0 Å². The van der Waals surface area contributed by atoms with Crippen molar-refractivity contribution >= 4 is 5.91 Å². The van der Waals surface area contributed by atoms with Crippen molar-refractivity contribution in [1.82, 2.24) is 9.88 Å². The lowest BCUT2D eigenvalue weighted by Gasteiger charge is -2.11. The van der Waals surface area contributed by atoms with Crippen LogP contribution >= 0.6 is 0 Å². The van der Waals surface area contributed by atoms with Crippen molar-refractivity contribution in [3.8, 4) is 17.2 Å². The third-order valence-electron chi connectivity index (χ3n) is 3.78. The summed E-state index contributed by atoms with van der Waals surface area (Å²) in [5.74, 6) is 1.86. The maximum Gasteiger partial charge on any atom is 0.253 e. The smallest absolute Gasteiger partial charge is 0.253 e. The Bertz CT molecular complexity index is 870. The van der Waals surface area contributed by atoms with E-state index in [-0.39, 0.29) is 12.5 Å². The molecule has 0 N–H and O–H groups in total. The summed E-state index contributed by atoms with van der Waals surface area (Å²) >= 11 is 0. The maximum atomic E-state index is 12.0. The number of amides is 1. The minimum Gasteiger partial charge on any atom is -0.487 e. The quantitative estimate of drug-likeness (QED) is 0.708. The van der Waals surface area contributed by atoms with Gasteiger partial charge in [0.1, 0.15) is 23.8 Å². The van der Waals surface area contributed by atoms with E-state index in [0.717, 1.165) is 17.0 Å². The van der Waals surface area contributed by atoms with Crippen molar-refractivity contribution < 1.29 is 13.9 Å². The van der Waals surface area contributed by atoms with E-state index in [9.17, 15) is 4.79 Å². The normalized spacial score (nSPS) is 10.5. The molecule has 0 aliphatic heterocycles. The number of ether oxygens (including phenoxy) is 1. The van der Waals surface area contributed by atoms with E-state index in [1.54, 1.807) is 32.3 Å². The number of aromatic nitrogens is 1. The fourth-order valence-corrected chi connectivity index (χ4v) is 2.39. The first kappa shape index (κ1) is 16.8. The van der Waals surface area contributed by atoms with Gasteiger partial charge in [0.15, 0.2) is 0 Å². The number of aryl methyl sites for hydroxylation is 1. The lowest BCUT2D eigenvalue weighted by Crippen LogP contribution is -2.21. The first-order valence-corrected chi connectivity index (χ1v) is 8.01. The highest BCUT2D eigenvalue weighted by atomic mass is 16.5. The minimum atomic E-state index is -0.0607. The van der Waals surface area contributed by atoms with Crippen LogP contribution in [-0.4, -0.2) is 29.9 Å². The predicted octanol–water partition coefficient (Wildman–Crippen LogP) is 3.93. The topological polar surface area (TPSA) is 55.6 Å². The molecule has 0 unspecified atom stereocenters. The molecule has 0 fully saturated rings. The monoisotopic (exact) mass is 336 g/mol. The highest BCUT2D eigenvalue weighted by Gasteiger charge is 2.13. The van der Waals surface area contributed by atoms with Crippen LogP contribution in [0.1, 0.15) is 21.8 Å². The van der Waals surface area contributed by atoms with E-state index in [2.05, 4.69) is 4.98 Å². The molecular formula is C20H20N2O3. The van der Waals surface area contributed by atoms with Gasteiger partial charge in [-0.1, -0.05) is 24.3 Å². The summed E-state index contributed by atoms with van der Waals surface area (Å²) in [7, 11) is 3.44. The summed E-state index contributed by atoms with van der Waals surface area (Å²) in [5, 5.41) is 0. The number of carbonyl (C=O) groups excluding carboxylic acids is 1. The molecule has 0 saturated heterocycles. The molecule has 2 aromatic carbocycles. The molecule has 0 atom stereocenters. The van der Waals surface area contributed by atoms with Crippen molar-refractivity contribution in [3.05, 3.63) is 71.6 Å². The lowest BCUT2D eigenvalue weighted by atomic mass is 10.2. The fourth-order valence-electron chi connectivity index (χ4n) is 2.39. The van der Waals surface area contributed by atoms with Crippen LogP contribution in [0.5, 0.6) is 5.75 Å². The highest BCUT2D eigenvalue weighted by molar-refractivity contribution is 5.94. The summed E-state index contributed by atoms with van der Waals surface area (Å²) in [6.07, 6.45) is 0. The Morgan fingerprint density at radius 2 is 1.88 bits per heavy atom. The van der Waals surface area contributed by atoms with Crippen LogP contribution < -0.4 is 4.74 Å². The molecule has 0 aliphatic rings. The van der Waals surface area contributed by atoms with Gasteiger partial charge in [-0.15, -0.1) is 0 Å². The molecule has 0 saturated carbocycles. The Morgan fingerprint density at radius 3 is 2.60 bits per heavy atom.